The molecule has 0 bridgehead atoms. The Hall–Kier alpha value is -1.55. The van der Waals surface area contributed by atoms with Crippen LogP contribution in [0, 0.1) is 5.92 Å². The molecule has 20 heavy (non-hydrogen) atoms. The summed E-state index contributed by atoms with van der Waals surface area (Å²) in [6, 6.07) is 5.70. The smallest absolute Gasteiger partial charge is 0.224 e. The second-order valence-corrected chi connectivity index (χ2v) is 5.79. The van der Waals surface area contributed by atoms with Gasteiger partial charge in [-0.15, -0.1) is 0 Å². The highest BCUT2D eigenvalue weighted by molar-refractivity contribution is 5.93. The molecule has 108 valence electrons. The number of ether oxygens (including phenoxy) is 1. The molecular formula is C16H21NO3. The predicted molar refractivity (Wildman–Crippen MR) is 76.9 cm³/mol. The number of anilines is 1. The molecule has 2 aliphatic rings. The van der Waals surface area contributed by atoms with Crippen molar-refractivity contribution in [3.8, 4) is 5.75 Å². The molecule has 1 unspecified atom stereocenters. The molecule has 1 amide bonds. The molecule has 1 fully saturated rings. The van der Waals surface area contributed by atoms with Crippen LogP contribution in [-0.2, 0) is 11.2 Å². The Kier molecular flexibility index (Phi) is 3.92. The summed E-state index contributed by atoms with van der Waals surface area (Å²) in [6.45, 7) is 0.357. The lowest BCUT2D eigenvalue weighted by Gasteiger charge is -2.20. The average Bonchev–Trinajstić information content (AvgIpc) is 2.99. The van der Waals surface area contributed by atoms with E-state index >= 15 is 0 Å². The van der Waals surface area contributed by atoms with Gasteiger partial charge in [-0.3, -0.25) is 4.79 Å². The van der Waals surface area contributed by atoms with E-state index in [1.165, 1.54) is 12.8 Å². The predicted octanol–water partition coefficient (Wildman–Crippen LogP) is 2.50. The van der Waals surface area contributed by atoms with E-state index in [0.717, 1.165) is 36.3 Å². The van der Waals surface area contributed by atoms with Crippen LogP contribution < -0.4 is 10.1 Å². The molecule has 1 saturated carbocycles. The maximum Gasteiger partial charge on any atom is 0.224 e. The summed E-state index contributed by atoms with van der Waals surface area (Å²) in [7, 11) is 0. The lowest BCUT2D eigenvalue weighted by molar-refractivity contribution is -0.116. The standard InChI is InChI=1S/C16H21NO3/c18-15(11-3-1-2-4-11)10-20-13-6-7-14-12(9-13)5-8-16(19)17-14/h6-7,9,11,15,18H,1-5,8,10H2,(H,17,19). The van der Waals surface area contributed by atoms with Gasteiger partial charge in [0.2, 0.25) is 5.91 Å². The Labute approximate surface area is 119 Å². The van der Waals surface area contributed by atoms with Crippen molar-refractivity contribution in [2.75, 3.05) is 11.9 Å². The van der Waals surface area contributed by atoms with Crippen LogP contribution in [0.25, 0.3) is 0 Å². The zero-order valence-electron chi connectivity index (χ0n) is 11.6. The third-order valence-corrected chi connectivity index (χ3v) is 4.34. The van der Waals surface area contributed by atoms with Gasteiger partial charge in [-0.1, -0.05) is 12.8 Å². The number of carbonyl (C=O) groups is 1. The third kappa shape index (κ3) is 2.96. The van der Waals surface area contributed by atoms with Crippen molar-refractivity contribution in [1.82, 2.24) is 0 Å². The fraction of sp³-hybridized carbons (Fsp3) is 0.562. The lowest BCUT2D eigenvalue weighted by Crippen LogP contribution is -2.25. The number of aliphatic hydroxyl groups excluding tert-OH is 1. The number of rotatable bonds is 4. The highest BCUT2D eigenvalue weighted by Crippen LogP contribution is 2.29. The zero-order chi connectivity index (χ0) is 13.9. The monoisotopic (exact) mass is 275 g/mol. The van der Waals surface area contributed by atoms with Crippen molar-refractivity contribution in [3.63, 3.8) is 0 Å². The summed E-state index contributed by atoms with van der Waals surface area (Å²) in [5, 5.41) is 13.0. The van der Waals surface area contributed by atoms with Gasteiger partial charge in [0.1, 0.15) is 12.4 Å². The molecule has 1 aliphatic carbocycles. The highest BCUT2D eigenvalue weighted by Gasteiger charge is 2.23. The Bertz CT molecular complexity index is 494. The number of aliphatic hydroxyl groups is 1. The van der Waals surface area contributed by atoms with E-state index in [0.29, 0.717) is 18.9 Å². The van der Waals surface area contributed by atoms with E-state index < -0.39 is 0 Å². The number of hydrogen-bond donors (Lipinski definition) is 2. The van der Waals surface area contributed by atoms with Crippen LogP contribution in [0.15, 0.2) is 18.2 Å². The van der Waals surface area contributed by atoms with Crippen LogP contribution in [0.4, 0.5) is 5.69 Å². The van der Waals surface area contributed by atoms with Crippen molar-refractivity contribution in [1.29, 1.82) is 0 Å². The Balaban J connectivity index is 1.59. The fourth-order valence-electron chi connectivity index (χ4n) is 3.11. The van der Waals surface area contributed by atoms with E-state index in [9.17, 15) is 9.90 Å². The van der Waals surface area contributed by atoms with E-state index in [2.05, 4.69) is 5.32 Å². The van der Waals surface area contributed by atoms with Crippen LogP contribution in [0.2, 0.25) is 0 Å². The molecule has 0 saturated heterocycles. The van der Waals surface area contributed by atoms with Gasteiger partial charge in [-0.2, -0.15) is 0 Å². The highest BCUT2D eigenvalue weighted by atomic mass is 16.5. The molecular weight excluding hydrogens is 254 g/mol. The Morgan fingerprint density at radius 3 is 2.90 bits per heavy atom. The van der Waals surface area contributed by atoms with Gasteiger partial charge < -0.3 is 15.2 Å². The Morgan fingerprint density at radius 1 is 1.30 bits per heavy atom. The second kappa shape index (κ2) is 5.83. The van der Waals surface area contributed by atoms with Crippen LogP contribution in [0.5, 0.6) is 5.75 Å². The molecule has 0 aromatic heterocycles. The number of carbonyl (C=O) groups excluding carboxylic acids is 1. The van der Waals surface area contributed by atoms with E-state index in [4.69, 9.17) is 4.74 Å². The molecule has 2 N–H and O–H groups in total. The molecule has 1 aromatic rings. The number of aryl methyl sites for hydroxylation is 1. The maximum atomic E-state index is 11.3. The SMILES string of the molecule is O=C1CCc2cc(OCC(O)C3CCCC3)ccc2N1. The quantitative estimate of drug-likeness (QED) is 0.887. The van der Waals surface area contributed by atoms with Crippen LogP contribution in [0.3, 0.4) is 0 Å². The molecule has 1 atom stereocenters. The van der Waals surface area contributed by atoms with E-state index in [1.54, 1.807) is 0 Å². The van der Waals surface area contributed by atoms with Gasteiger partial charge in [0.25, 0.3) is 0 Å². The van der Waals surface area contributed by atoms with Crippen LogP contribution in [-0.4, -0.2) is 23.7 Å². The maximum absolute atomic E-state index is 11.3. The Morgan fingerprint density at radius 2 is 2.10 bits per heavy atom. The molecule has 4 nitrogen and oxygen atoms in total. The summed E-state index contributed by atoms with van der Waals surface area (Å²) in [5.74, 6) is 1.24. The molecule has 1 aromatic carbocycles. The van der Waals surface area contributed by atoms with Crippen molar-refractivity contribution < 1.29 is 14.6 Å². The third-order valence-electron chi connectivity index (χ3n) is 4.34. The number of benzene rings is 1. The minimum Gasteiger partial charge on any atom is -0.491 e. The largest absolute Gasteiger partial charge is 0.491 e. The van der Waals surface area contributed by atoms with Gasteiger partial charge in [-0.05, 0) is 48.9 Å². The topological polar surface area (TPSA) is 58.6 Å². The molecule has 0 spiro atoms. The van der Waals surface area contributed by atoms with Gasteiger partial charge >= 0.3 is 0 Å². The summed E-state index contributed by atoms with van der Waals surface area (Å²) in [5.41, 5.74) is 1.99. The molecule has 0 radical (unpaired) electrons. The minimum atomic E-state index is -0.367. The van der Waals surface area contributed by atoms with Crippen LogP contribution >= 0.6 is 0 Å². The van der Waals surface area contributed by atoms with Crippen LogP contribution in [0.1, 0.15) is 37.7 Å². The fourth-order valence-corrected chi connectivity index (χ4v) is 3.11. The zero-order valence-corrected chi connectivity index (χ0v) is 11.6. The lowest BCUT2D eigenvalue weighted by atomic mass is 10.0. The molecule has 1 heterocycles. The second-order valence-electron chi connectivity index (χ2n) is 5.79. The molecule has 3 rings (SSSR count). The van der Waals surface area contributed by atoms with Gasteiger partial charge in [0.15, 0.2) is 0 Å². The van der Waals surface area contributed by atoms with E-state index in [1.807, 2.05) is 18.2 Å². The normalized spacial score (nSPS) is 20.4. The number of nitrogens with one attached hydrogen (secondary N) is 1. The summed E-state index contributed by atoms with van der Waals surface area (Å²) in [6.07, 6.45) is 5.58. The average molecular weight is 275 g/mol. The minimum absolute atomic E-state index is 0.0721. The first-order chi connectivity index (χ1) is 9.72. The number of amides is 1. The molecule has 1 aliphatic heterocycles. The van der Waals surface area contributed by atoms with Crippen molar-refractivity contribution >= 4 is 11.6 Å². The van der Waals surface area contributed by atoms with Gasteiger partial charge in [-0.25, -0.2) is 0 Å². The first-order valence-corrected chi connectivity index (χ1v) is 7.46. The summed E-state index contributed by atoms with van der Waals surface area (Å²) >= 11 is 0. The number of hydrogen-bond acceptors (Lipinski definition) is 3. The van der Waals surface area contributed by atoms with Gasteiger partial charge in [0.05, 0.1) is 6.10 Å². The van der Waals surface area contributed by atoms with Gasteiger partial charge in [0, 0.05) is 12.1 Å². The summed E-state index contributed by atoms with van der Waals surface area (Å²) in [4.78, 5) is 11.3. The van der Waals surface area contributed by atoms with Crippen molar-refractivity contribution in [2.24, 2.45) is 5.92 Å². The van der Waals surface area contributed by atoms with Crippen molar-refractivity contribution in [2.45, 2.75) is 44.6 Å². The first-order valence-electron chi connectivity index (χ1n) is 7.46. The van der Waals surface area contributed by atoms with Crippen molar-refractivity contribution in [3.05, 3.63) is 23.8 Å². The molecule has 4 heteroatoms. The first kappa shape index (κ1) is 13.4. The summed E-state index contributed by atoms with van der Waals surface area (Å²) < 4.78 is 5.71. The van der Waals surface area contributed by atoms with E-state index in [-0.39, 0.29) is 12.0 Å². The number of fused-ring (bicyclic) bond motifs is 1.